The van der Waals surface area contributed by atoms with Crippen molar-refractivity contribution in [1.82, 2.24) is 0 Å². The van der Waals surface area contributed by atoms with Crippen LogP contribution in [-0.4, -0.2) is 12.8 Å². The molecule has 0 bridgehead atoms. The van der Waals surface area contributed by atoms with Crippen LogP contribution in [0.1, 0.15) is 28.4 Å². The Morgan fingerprint density at radius 3 is 2.37 bits per heavy atom. The van der Waals surface area contributed by atoms with Crippen LogP contribution in [0.2, 0.25) is 0 Å². The third-order valence-electron chi connectivity index (χ3n) is 3.22. The normalized spacial score (nSPS) is 10.3. The fourth-order valence-corrected chi connectivity index (χ4v) is 2.13. The van der Waals surface area contributed by atoms with Gasteiger partial charge < -0.3 is 4.90 Å². The Hall–Kier alpha value is -2.09. The molecule has 2 rings (SSSR count). The third-order valence-corrected chi connectivity index (χ3v) is 3.22. The van der Waals surface area contributed by atoms with E-state index in [0.717, 1.165) is 17.8 Å². The van der Waals surface area contributed by atoms with Crippen molar-refractivity contribution in [2.75, 3.05) is 11.9 Å². The number of Topliss-reactive ketones (excluding diaryl/α,β-unsaturated/α-hetero) is 1. The second-order valence-corrected chi connectivity index (χ2v) is 4.95. The van der Waals surface area contributed by atoms with Gasteiger partial charge in [0, 0.05) is 24.8 Å². The number of anilines is 1. The Labute approximate surface area is 114 Å². The van der Waals surface area contributed by atoms with Gasteiger partial charge in [-0.2, -0.15) is 0 Å². The Morgan fingerprint density at radius 2 is 1.79 bits per heavy atom. The van der Waals surface area contributed by atoms with E-state index < -0.39 is 0 Å². The molecule has 0 saturated carbocycles. The quantitative estimate of drug-likeness (QED) is 0.772. The molecule has 98 valence electrons. The van der Waals surface area contributed by atoms with Gasteiger partial charge in [0.15, 0.2) is 5.78 Å². The maximum atomic E-state index is 11.2. The summed E-state index contributed by atoms with van der Waals surface area (Å²) in [5.41, 5.74) is 4.44. The average Bonchev–Trinajstić information content (AvgIpc) is 2.39. The van der Waals surface area contributed by atoms with Crippen molar-refractivity contribution in [1.29, 1.82) is 0 Å². The first-order valence-corrected chi connectivity index (χ1v) is 6.44. The first kappa shape index (κ1) is 13.3. The zero-order valence-corrected chi connectivity index (χ0v) is 11.7. The molecule has 2 heteroatoms. The van der Waals surface area contributed by atoms with E-state index in [1.165, 1.54) is 11.1 Å². The molecular formula is C17H19NO. The van der Waals surface area contributed by atoms with Crippen molar-refractivity contribution in [3.63, 3.8) is 0 Å². The van der Waals surface area contributed by atoms with Crippen LogP contribution in [-0.2, 0) is 6.54 Å². The van der Waals surface area contributed by atoms with E-state index in [-0.39, 0.29) is 5.78 Å². The number of nitrogens with zero attached hydrogens (tertiary/aromatic N) is 1. The van der Waals surface area contributed by atoms with E-state index in [1.807, 2.05) is 24.3 Å². The second-order valence-electron chi connectivity index (χ2n) is 4.95. The van der Waals surface area contributed by atoms with Gasteiger partial charge >= 0.3 is 0 Å². The van der Waals surface area contributed by atoms with Gasteiger partial charge in [-0.25, -0.2) is 0 Å². The van der Waals surface area contributed by atoms with Crippen molar-refractivity contribution < 1.29 is 4.79 Å². The van der Waals surface area contributed by atoms with Gasteiger partial charge in [-0.15, -0.1) is 0 Å². The predicted octanol–water partition coefficient (Wildman–Crippen LogP) is 3.83. The van der Waals surface area contributed by atoms with Crippen LogP contribution in [0.3, 0.4) is 0 Å². The second kappa shape index (κ2) is 5.70. The summed E-state index contributed by atoms with van der Waals surface area (Å²) in [7, 11) is 2.06. The number of carbonyl (C=O) groups is 1. The molecular weight excluding hydrogens is 234 g/mol. The van der Waals surface area contributed by atoms with Gasteiger partial charge in [0.25, 0.3) is 0 Å². The van der Waals surface area contributed by atoms with Crippen molar-refractivity contribution in [2.45, 2.75) is 20.4 Å². The lowest BCUT2D eigenvalue weighted by Crippen LogP contribution is -2.16. The van der Waals surface area contributed by atoms with Gasteiger partial charge in [-0.05, 0) is 43.7 Å². The topological polar surface area (TPSA) is 20.3 Å². The molecule has 0 aliphatic rings. The van der Waals surface area contributed by atoms with Gasteiger partial charge in [0.2, 0.25) is 0 Å². The number of carbonyl (C=O) groups excluding carboxylic acids is 1. The Bertz CT molecular complexity index is 572. The Kier molecular flexibility index (Phi) is 4.00. The molecule has 19 heavy (non-hydrogen) atoms. The van der Waals surface area contributed by atoms with Crippen molar-refractivity contribution >= 4 is 11.5 Å². The van der Waals surface area contributed by atoms with Crippen LogP contribution < -0.4 is 4.90 Å². The zero-order valence-electron chi connectivity index (χ0n) is 11.7. The lowest BCUT2D eigenvalue weighted by atomic mass is 10.1. The minimum atomic E-state index is 0.105. The van der Waals surface area contributed by atoms with Crippen LogP contribution in [0.4, 0.5) is 5.69 Å². The highest BCUT2D eigenvalue weighted by Crippen LogP contribution is 2.17. The zero-order chi connectivity index (χ0) is 13.8. The summed E-state index contributed by atoms with van der Waals surface area (Å²) in [5.74, 6) is 0.105. The van der Waals surface area contributed by atoms with Crippen LogP contribution in [0.5, 0.6) is 0 Å². The molecule has 0 aliphatic carbocycles. The molecule has 2 aromatic carbocycles. The molecule has 0 unspecified atom stereocenters. The minimum Gasteiger partial charge on any atom is -0.370 e. The minimum absolute atomic E-state index is 0.105. The number of aryl methyl sites for hydroxylation is 1. The maximum Gasteiger partial charge on any atom is 0.159 e. The highest BCUT2D eigenvalue weighted by atomic mass is 16.1. The Morgan fingerprint density at radius 1 is 1.11 bits per heavy atom. The highest BCUT2D eigenvalue weighted by molar-refractivity contribution is 5.94. The largest absolute Gasteiger partial charge is 0.370 e. The van der Waals surface area contributed by atoms with E-state index in [9.17, 15) is 4.79 Å². The van der Waals surface area contributed by atoms with Gasteiger partial charge in [0.05, 0.1) is 0 Å². The average molecular weight is 253 g/mol. The maximum absolute atomic E-state index is 11.2. The van der Waals surface area contributed by atoms with Gasteiger partial charge in [0.1, 0.15) is 0 Å². The Balaban J connectivity index is 2.11. The molecule has 2 aromatic rings. The summed E-state index contributed by atoms with van der Waals surface area (Å²) >= 11 is 0. The summed E-state index contributed by atoms with van der Waals surface area (Å²) in [5, 5.41) is 0. The molecule has 0 heterocycles. The number of hydrogen-bond donors (Lipinski definition) is 0. The highest BCUT2D eigenvalue weighted by Gasteiger charge is 2.04. The van der Waals surface area contributed by atoms with E-state index in [1.54, 1.807) is 6.92 Å². The van der Waals surface area contributed by atoms with E-state index in [2.05, 4.69) is 43.1 Å². The van der Waals surface area contributed by atoms with Crippen LogP contribution in [0.15, 0.2) is 48.5 Å². The van der Waals surface area contributed by atoms with Crippen LogP contribution in [0.25, 0.3) is 0 Å². The number of hydrogen-bond acceptors (Lipinski definition) is 2. The standard InChI is InChI=1S/C17H19NO/c1-13-5-4-6-15(11-13)12-18(3)17-9-7-16(8-10-17)14(2)19/h4-11H,12H2,1-3H3. The third kappa shape index (κ3) is 3.44. The molecule has 0 saturated heterocycles. The molecule has 0 fully saturated rings. The molecule has 0 aromatic heterocycles. The molecule has 2 nitrogen and oxygen atoms in total. The molecule has 0 aliphatic heterocycles. The smallest absolute Gasteiger partial charge is 0.159 e. The SMILES string of the molecule is CC(=O)c1ccc(N(C)Cc2cccc(C)c2)cc1. The van der Waals surface area contributed by atoms with Crippen LogP contribution in [0, 0.1) is 6.92 Å². The van der Waals surface area contributed by atoms with E-state index >= 15 is 0 Å². The number of rotatable bonds is 4. The van der Waals surface area contributed by atoms with Crippen molar-refractivity contribution in [3.8, 4) is 0 Å². The predicted molar refractivity (Wildman–Crippen MR) is 79.7 cm³/mol. The summed E-state index contributed by atoms with van der Waals surface area (Å²) in [6.07, 6.45) is 0. The first-order valence-electron chi connectivity index (χ1n) is 6.44. The fourth-order valence-electron chi connectivity index (χ4n) is 2.13. The summed E-state index contributed by atoms with van der Waals surface area (Å²) in [6.45, 7) is 4.55. The van der Waals surface area contributed by atoms with Crippen LogP contribution >= 0.6 is 0 Å². The molecule has 0 N–H and O–H groups in total. The van der Waals surface area contributed by atoms with Crippen molar-refractivity contribution in [2.24, 2.45) is 0 Å². The van der Waals surface area contributed by atoms with E-state index in [0.29, 0.717) is 0 Å². The lowest BCUT2D eigenvalue weighted by Gasteiger charge is -2.19. The van der Waals surface area contributed by atoms with Gasteiger partial charge in [-0.3, -0.25) is 4.79 Å². The summed E-state index contributed by atoms with van der Waals surface area (Å²) in [6, 6.07) is 16.3. The number of ketones is 1. The van der Waals surface area contributed by atoms with E-state index in [4.69, 9.17) is 0 Å². The van der Waals surface area contributed by atoms with Crippen molar-refractivity contribution in [3.05, 3.63) is 65.2 Å². The fraction of sp³-hybridized carbons (Fsp3) is 0.235. The summed E-state index contributed by atoms with van der Waals surface area (Å²) < 4.78 is 0. The van der Waals surface area contributed by atoms with Gasteiger partial charge in [-0.1, -0.05) is 29.8 Å². The first-order chi connectivity index (χ1) is 9.06. The monoisotopic (exact) mass is 253 g/mol. The molecule has 0 spiro atoms. The summed E-state index contributed by atoms with van der Waals surface area (Å²) in [4.78, 5) is 13.4. The molecule has 0 atom stereocenters. The molecule has 0 amide bonds. The molecule has 0 radical (unpaired) electrons. The number of benzene rings is 2. The lowest BCUT2D eigenvalue weighted by molar-refractivity contribution is 0.101.